The molecule has 1 aromatic carbocycles. The van der Waals surface area contributed by atoms with Crippen molar-refractivity contribution < 1.29 is 13.2 Å². The minimum absolute atomic E-state index is 0.0637. The third kappa shape index (κ3) is 3.64. The summed E-state index contributed by atoms with van der Waals surface area (Å²) >= 11 is 0. The van der Waals surface area contributed by atoms with Crippen molar-refractivity contribution in [2.45, 2.75) is 57.8 Å². The van der Waals surface area contributed by atoms with E-state index in [-0.39, 0.29) is 12.0 Å². The van der Waals surface area contributed by atoms with Crippen molar-refractivity contribution in [3.05, 3.63) is 41.0 Å². The van der Waals surface area contributed by atoms with E-state index in [0.717, 1.165) is 30.8 Å². The van der Waals surface area contributed by atoms with E-state index in [1.165, 1.54) is 38.2 Å². The molecule has 1 saturated carbocycles. The highest BCUT2D eigenvalue weighted by Gasteiger charge is 2.26. The molecule has 0 amide bonds. The van der Waals surface area contributed by atoms with Gasteiger partial charge in [0.25, 0.3) is 0 Å². The number of hydrogen-bond acceptors (Lipinski definition) is 0. The molecular formula is C20H25F3. The monoisotopic (exact) mass is 322 g/mol. The predicted octanol–water partition coefficient (Wildman–Crippen LogP) is 6.24. The Morgan fingerprint density at radius 3 is 2.35 bits per heavy atom. The Kier molecular flexibility index (Phi) is 5.45. The van der Waals surface area contributed by atoms with Gasteiger partial charge in [-0.1, -0.05) is 50.3 Å². The number of allylic oxidation sites excluding steroid dienone is 2. The number of aryl methyl sites for hydroxylation is 1. The quantitative estimate of drug-likeness (QED) is 0.615. The average molecular weight is 322 g/mol. The van der Waals surface area contributed by atoms with E-state index in [0.29, 0.717) is 11.5 Å². The van der Waals surface area contributed by atoms with Crippen LogP contribution in [0.1, 0.15) is 62.5 Å². The van der Waals surface area contributed by atoms with Crippen LogP contribution in [0.25, 0.3) is 5.57 Å². The molecule has 0 bridgehead atoms. The van der Waals surface area contributed by atoms with E-state index < -0.39 is 18.3 Å². The molecule has 3 heteroatoms. The maximum absolute atomic E-state index is 14.3. The molecule has 2 aliphatic carbocycles. The molecule has 0 N–H and O–H groups in total. The number of rotatable bonds is 4. The number of alkyl halides is 1. The van der Waals surface area contributed by atoms with Gasteiger partial charge in [-0.15, -0.1) is 0 Å². The van der Waals surface area contributed by atoms with Crippen LogP contribution < -0.4 is 0 Å². The summed E-state index contributed by atoms with van der Waals surface area (Å²) in [6, 6.07) is 3.15. The zero-order valence-electron chi connectivity index (χ0n) is 13.6. The zero-order valence-corrected chi connectivity index (χ0v) is 13.6. The van der Waals surface area contributed by atoms with Crippen molar-refractivity contribution in [3.63, 3.8) is 0 Å². The van der Waals surface area contributed by atoms with Gasteiger partial charge in [0.15, 0.2) is 11.6 Å². The second kappa shape index (κ2) is 7.55. The van der Waals surface area contributed by atoms with Gasteiger partial charge in [0.05, 0.1) is 6.67 Å². The Hall–Kier alpha value is -1.25. The van der Waals surface area contributed by atoms with Crippen LogP contribution >= 0.6 is 0 Å². The summed E-state index contributed by atoms with van der Waals surface area (Å²) < 4.78 is 40.7. The number of benzene rings is 1. The second-order valence-electron chi connectivity index (χ2n) is 7.00. The molecule has 0 aromatic heterocycles. The molecule has 3 rings (SSSR count). The summed E-state index contributed by atoms with van der Waals surface area (Å²) in [5, 5.41) is 0. The van der Waals surface area contributed by atoms with E-state index >= 15 is 0 Å². The molecule has 1 atom stereocenters. The summed E-state index contributed by atoms with van der Waals surface area (Å²) in [6.45, 7) is -0.665. The van der Waals surface area contributed by atoms with Gasteiger partial charge >= 0.3 is 0 Å². The molecule has 1 fully saturated rings. The van der Waals surface area contributed by atoms with E-state index in [2.05, 4.69) is 6.08 Å². The lowest BCUT2D eigenvalue weighted by Crippen LogP contribution is -2.19. The Balaban J connectivity index is 1.73. The zero-order chi connectivity index (χ0) is 16.2. The molecule has 0 aliphatic heterocycles. The number of hydrogen-bond donors (Lipinski definition) is 0. The maximum Gasteiger partial charge on any atom is 0.166 e. The van der Waals surface area contributed by atoms with Crippen molar-refractivity contribution in [1.29, 1.82) is 0 Å². The normalized spacial score (nSPS) is 22.9. The van der Waals surface area contributed by atoms with Crippen molar-refractivity contribution in [2.75, 3.05) is 6.67 Å². The molecular weight excluding hydrogens is 297 g/mol. The van der Waals surface area contributed by atoms with Crippen molar-refractivity contribution in [1.82, 2.24) is 0 Å². The SMILES string of the molecule is FCCc1ccc(C2=CCC(C3CCCCC3)CC2)c(F)c1F. The Bertz CT molecular complexity index is 570. The highest BCUT2D eigenvalue weighted by Crippen LogP contribution is 2.40. The molecule has 0 heterocycles. The molecule has 1 aromatic rings. The van der Waals surface area contributed by atoms with Crippen LogP contribution in [0, 0.1) is 23.5 Å². The largest absolute Gasteiger partial charge is 0.251 e. The lowest BCUT2D eigenvalue weighted by Gasteiger charge is -2.32. The minimum Gasteiger partial charge on any atom is -0.251 e. The van der Waals surface area contributed by atoms with Crippen LogP contribution in [0.15, 0.2) is 18.2 Å². The first-order valence-corrected chi connectivity index (χ1v) is 8.93. The Labute approximate surface area is 136 Å². The van der Waals surface area contributed by atoms with Gasteiger partial charge in [0.2, 0.25) is 0 Å². The summed E-state index contributed by atoms with van der Waals surface area (Å²) in [7, 11) is 0. The number of halogens is 3. The van der Waals surface area contributed by atoms with Crippen LogP contribution in [0.2, 0.25) is 0 Å². The van der Waals surface area contributed by atoms with Gasteiger partial charge in [-0.05, 0) is 42.2 Å². The third-order valence-corrected chi connectivity index (χ3v) is 5.64. The van der Waals surface area contributed by atoms with E-state index in [1.807, 2.05) is 0 Å². The average Bonchev–Trinajstić information content (AvgIpc) is 2.60. The third-order valence-electron chi connectivity index (χ3n) is 5.64. The van der Waals surface area contributed by atoms with Crippen LogP contribution in [0.4, 0.5) is 13.2 Å². The second-order valence-corrected chi connectivity index (χ2v) is 7.00. The lowest BCUT2D eigenvalue weighted by atomic mass is 9.73. The van der Waals surface area contributed by atoms with Gasteiger partial charge in [-0.2, -0.15) is 0 Å². The van der Waals surface area contributed by atoms with Gasteiger partial charge in [0.1, 0.15) is 0 Å². The highest BCUT2D eigenvalue weighted by atomic mass is 19.2. The molecule has 0 nitrogen and oxygen atoms in total. The van der Waals surface area contributed by atoms with Crippen molar-refractivity contribution >= 4 is 5.57 Å². The molecule has 1 unspecified atom stereocenters. The van der Waals surface area contributed by atoms with E-state index in [1.54, 1.807) is 6.07 Å². The summed E-state index contributed by atoms with van der Waals surface area (Å²) in [5.41, 5.74) is 1.41. The maximum atomic E-state index is 14.3. The molecule has 0 saturated heterocycles. The fraction of sp³-hybridized carbons (Fsp3) is 0.600. The highest BCUT2D eigenvalue weighted by molar-refractivity contribution is 5.67. The van der Waals surface area contributed by atoms with Crippen molar-refractivity contribution in [2.24, 2.45) is 11.8 Å². The lowest BCUT2D eigenvalue weighted by molar-refractivity contribution is 0.235. The first kappa shape index (κ1) is 16.6. The first-order valence-electron chi connectivity index (χ1n) is 8.93. The van der Waals surface area contributed by atoms with E-state index in [9.17, 15) is 13.2 Å². The summed E-state index contributed by atoms with van der Waals surface area (Å²) in [5.74, 6) is -0.165. The van der Waals surface area contributed by atoms with Gasteiger partial charge in [-0.3, -0.25) is 4.39 Å². The smallest absolute Gasteiger partial charge is 0.166 e. The topological polar surface area (TPSA) is 0 Å². The van der Waals surface area contributed by atoms with Crippen LogP contribution in [0.3, 0.4) is 0 Å². The minimum atomic E-state index is -0.879. The predicted molar refractivity (Wildman–Crippen MR) is 87.9 cm³/mol. The van der Waals surface area contributed by atoms with Crippen LogP contribution in [-0.4, -0.2) is 6.67 Å². The molecule has 2 aliphatic rings. The Morgan fingerprint density at radius 1 is 0.913 bits per heavy atom. The van der Waals surface area contributed by atoms with E-state index in [4.69, 9.17) is 0 Å². The first-order chi connectivity index (χ1) is 11.2. The summed E-state index contributed by atoms with van der Waals surface area (Å²) in [4.78, 5) is 0. The Morgan fingerprint density at radius 2 is 1.70 bits per heavy atom. The fourth-order valence-electron chi connectivity index (χ4n) is 4.27. The molecule has 0 radical (unpaired) electrons. The van der Waals surface area contributed by atoms with Crippen LogP contribution in [-0.2, 0) is 6.42 Å². The standard InChI is InChI=1S/C20H25F3/c21-13-12-17-10-11-18(20(23)19(17)22)16-8-6-15(7-9-16)14-4-2-1-3-5-14/h8,10-11,14-15H,1-7,9,12-13H2. The molecule has 23 heavy (non-hydrogen) atoms. The summed E-state index contributed by atoms with van der Waals surface area (Å²) in [6.07, 6.45) is 11.6. The fourth-order valence-corrected chi connectivity index (χ4v) is 4.27. The molecule has 126 valence electrons. The van der Waals surface area contributed by atoms with Gasteiger partial charge < -0.3 is 0 Å². The van der Waals surface area contributed by atoms with Crippen LogP contribution in [0.5, 0.6) is 0 Å². The molecule has 0 spiro atoms. The van der Waals surface area contributed by atoms with Crippen molar-refractivity contribution in [3.8, 4) is 0 Å². The van der Waals surface area contributed by atoms with Gasteiger partial charge in [0, 0.05) is 12.0 Å². The van der Waals surface area contributed by atoms with Gasteiger partial charge in [-0.25, -0.2) is 8.78 Å².